The van der Waals surface area contributed by atoms with Crippen LogP contribution in [0.4, 0.5) is 0 Å². The number of rotatable bonds is 7. The first kappa shape index (κ1) is 25.8. The Hall–Kier alpha value is -3.84. The van der Waals surface area contributed by atoms with E-state index >= 15 is 0 Å². The van der Waals surface area contributed by atoms with Crippen molar-refractivity contribution >= 4 is 16.9 Å². The van der Waals surface area contributed by atoms with Crippen molar-refractivity contribution in [2.45, 2.75) is 39.3 Å². The molecule has 4 aromatic rings. The zero-order valence-corrected chi connectivity index (χ0v) is 22.7. The second-order valence-electron chi connectivity index (χ2n) is 10.9. The normalized spacial score (nSPS) is 14.6. The molecule has 0 unspecified atom stereocenters. The first-order valence-corrected chi connectivity index (χ1v) is 13.1. The summed E-state index contributed by atoms with van der Waals surface area (Å²) in [7, 11) is 1.64. The Morgan fingerprint density at radius 2 is 1.61 bits per heavy atom. The molecule has 1 fully saturated rings. The van der Waals surface area contributed by atoms with Crippen LogP contribution in [0.1, 0.15) is 48.1 Å². The third kappa shape index (κ3) is 6.00. The van der Waals surface area contributed by atoms with Crippen LogP contribution in [0.25, 0.3) is 11.0 Å². The molecule has 1 amide bonds. The van der Waals surface area contributed by atoms with Gasteiger partial charge in [0.25, 0.3) is 5.91 Å². The number of fused-ring (bicyclic) bond motifs is 1. The predicted octanol–water partition coefficient (Wildman–Crippen LogP) is 5.41. The van der Waals surface area contributed by atoms with Crippen LogP contribution in [0.2, 0.25) is 0 Å². The molecule has 0 bridgehead atoms. The van der Waals surface area contributed by atoms with Crippen molar-refractivity contribution in [3.8, 4) is 11.5 Å². The van der Waals surface area contributed by atoms with Gasteiger partial charge in [-0.15, -0.1) is 0 Å². The maximum atomic E-state index is 13.1. The monoisotopic (exact) mass is 512 g/mol. The molecule has 7 nitrogen and oxygen atoms in total. The van der Waals surface area contributed by atoms with E-state index < -0.39 is 0 Å². The number of imidazole rings is 1. The van der Waals surface area contributed by atoms with E-state index in [-0.39, 0.29) is 11.3 Å². The second-order valence-corrected chi connectivity index (χ2v) is 10.9. The van der Waals surface area contributed by atoms with Crippen molar-refractivity contribution in [1.82, 2.24) is 19.8 Å². The highest BCUT2D eigenvalue weighted by Gasteiger charge is 2.22. The quantitative estimate of drug-likeness (QED) is 0.359. The van der Waals surface area contributed by atoms with E-state index in [1.807, 2.05) is 47.4 Å². The number of methoxy groups -OCH3 is 1. The predicted molar refractivity (Wildman–Crippen MR) is 150 cm³/mol. The van der Waals surface area contributed by atoms with Gasteiger partial charge in [-0.25, -0.2) is 4.98 Å². The Labute approximate surface area is 224 Å². The second kappa shape index (κ2) is 10.9. The van der Waals surface area contributed by atoms with Gasteiger partial charge >= 0.3 is 0 Å². The molecule has 7 heteroatoms. The van der Waals surface area contributed by atoms with Gasteiger partial charge in [-0.05, 0) is 52.9 Å². The number of nitrogens with one attached hydrogen (secondary N) is 1. The number of carbonyl (C=O) groups is 1. The van der Waals surface area contributed by atoms with Crippen molar-refractivity contribution in [1.29, 1.82) is 0 Å². The molecule has 3 aromatic carbocycles. The summed E-state index contributed by atoms with van der Waals surface area (Å²) in [4.78, 5) is 25.3. The van der Waals surface area contributed by atoms with Crippen LogP contribution in [0.15, 0.2) is 66.7 Å². The molecule has 2 heterocycles. The van der Waals surface area contributed by atoms with Gasteiger partial charge in [0, 0.05) is 44.4 Å². The number of aromatic nitrogens is 2. The molecule has 0 radical (unpaired) electrons. The summed E-state index contributed by atoms with van der Waals surface area (Å²) in [5.74, 6) is 2.27. The number of ether oxygens (including phenoxy) is 2. The largest absolute Gasteiger partial charge is 0.497 e. The van der Waals surface area contributed by atoms with E-state index in [0.29, 0.717) is 17.9 Å². The Kier molecular flexibility index (Phi) is 7.38. The van der Waals surface area contributed by atoms with Gasteiger partial charge in [-0.1, -0.05) is 45.0 Å². The zero-order chi connectivity index (χ0) is 26.7. The first-order valence-electron chi connectivity index (χ1n) is 13.1. The van der Waals surface area contributed by atoms with Crippen molar-refractivity contribution in [3.05, 3.63) is 89.2 Å². The van der Waals surface area contributed by atoms with Gasteiger partial charge < -0.3 is 19.4 Å². The maximum Gasteiger partial charge on any atom is 0.253 e. The van der Waals surface area contributed by atoms with E-state index in [1.165, 1.54) is 11.1 Å². The Morgan fingerprint density at radius 1 is 0.921 bits per heavy atom. The van der Waals surface area contributed by atoms with Crippen LogP contribution in [0.5, 0.6) is 11.5 Å². The highest BCUT2D eigenvalue weighted by Crippen LogP contribution is 2.23. The first-order chi connectivity index (χ1) is 18.3. The molecule has 5 rings (SSSR count). The van der Waals surface area contributed by atoms with Crippen LogP contribution >= 0.6 is 0 Å². The molecule has 1 aromatic heterocycles. The SMILES string of the molecule is COc1ccc2nc(COc3ccc(C(=O)N4CCN(Cc5ccc(C(C)(C)C)cc5)CC4)cc3)[nH]c2c1. The summed E-state index contributed by atoms with van der Waals surface area (Å²) >= 11 is 0. The Bertz CT molecular complexity index is 1380. The number of aromatic amines is 1. The highest BCUT2D eigenvalue weighted by molar-refractivity contribution is 5.94. The molecule has 38 heavy (non-hydrogen) atoms. The van der Waals surface area contributed by atoms with Crippen LogP contribution in [-0.2, 0) is 18.6 Å². The standard InChI is InChI=1S/C31H36N4O3/c1-31(2,3)24-9-5-22(6-10-24)20-34-15-17-35(18-16-34)30(36)23-7-11-25(12-8-23)38-21-29-32-27-14-13-26(37-4)19-28(27)33-29/h5-14,19H,15-18,20-21H2,1-4H3,(H,32,33). The lowest BCUT2D eigenvalue weighted by atomic mass is 9.87. The number of hydrogen-bond donors (Lipinski definition) is 1. The minimum Gasteiger partial charge on any atom is -0.497 e. The molecule has 1 aliphatic heterocycles. The number of carbonyl (C=O) groups excluding carboxylic acids is 1. The van der Waals surface area contributed by atoms with Gasteiger partial charge in [0.05, 0.1) is 18.1 Å². The van der Waals surface area contributed by atoms with Gasteiger partial charge in [0.15, 0.2) is 0 Å². The number of nitrogens with zero attached hydrogens (tertiary/aromatic N) is 3. The number of benzene rings is 3. The molecule has 0 atom stereocenters. The number of H-pyrrole nitrogens is 1. The average Bonchev–Trinajstić information content (AvgIpc) is 3.34. The van der Waals surface area contributed by atoms with Gasteiger partial charge in [0.1, 0.15) is 23.9 Å². The third-order valence-electron chi connectivity index (χ3n) is 7.10. The van der Waals surface area contributed by atoms with Gasteiger partial charge in [-0.3, -0.25) is 9.69 Å². The molecule has 1 saturated heterocycles. The highest BCUT2D eigenvalue weighted by atomic mass is 16.5. The van der Waals surface area contributed by atoms with Crippen LogP contribution in [0, 0.1) is 0 Å². The smallest absolute Gasteiger partial charge is 0.253 e. The van der Waals surface area contributed by atoms with E-state index in [0.717, 1.165) is 55.3 Å². The Morgan fingerprint density at radius 3 is 2.26 bits per heavy atom. The topological polar surface area (TPSA) is 70.7 Å². The van der Waals surface area contributed by atoms with E-state index in [9.17, 15) is 4.79 Å². The Balaban J connectivity index is 1.11. The van der Waals surface area contributed by atoms with E-state index in [1.54, 1.807) is 7.11 Å². The van der Waals surface area contributed by atoms with Crippen molar-refractivity contribution in [2.75, 3.05) is 33.3 Å². The number of hydrogen-bond acceptors (Lipinski definition) is 5. The lowest BCUT2D eigenvalue weighted by Gasteiger charge is -2.35. The minimum atomic E-state index is 0.0666. The van der Waals surface area contributed by atoms with Gasteiger partial charge in [-0.2, -0.15) is 0 Å². The van der Waals surface area contributed by atoms with Gasteiger partial charge in [0.2, 0.25) is 0 Å². The number of piperazine rings is 1. The maximum absolute atomic E-state index is 13.1. The van der Waals surface area contributed by atoms with E-state index in [2.05, 4.69) is 59.9 Å². The lowest BCUT2D eigenvalue weighted by Crippen LogP contribution is -2.48. The molecule has 0 saturated carbocycles. The fourth-order valence-corrected chi connectivity index (χ4v) is 4.74. The summed E-state index contributed by atoms with van der Waals surface area (Å²) < 4.78 is 11.2. The molecule has 1 N–H and O–H groups in total. The van der Waals surface area contributed by atoms with Crippen molar-refractivity contribution in [2.24, 2.45) is 0 Å². The summed E-state index contributed by atoms with van der Waals surface area (Å²) in [5, 5.41) is 0. The van der Waals surface area contributed by atoms with Crippen LogP contribution < -0.4 is 9.47 Å². The molecule has 198 valence electrons. The van der Waals surface area contributed by atoms with Crippen LogP contribution in [0.3, 0.4) is 0 Å². The lowest BCUT2D eigenvalue weighted by molar-refractivity contribution is 0.0628. The summed E-state index contributed by atoms with van der Waals surface area (Å²) in [6.07, 6.45) is 0. The fraction of sp³-hybridized carbons (Fsp3) is 0.355. The van der Waals surface area contributed by atoms with E-state index in [4.69, 9.17) is 9.47 Å². The fourth-order valence-electron chi connectivity index (χ4n) is 4.74. The molecule has 0 spiro atoms. The van der Waals surface area contributed by atoms with Crippen LogP contribution in [-0.4, -0.2) is 59.0 Å². The number of amides is 1. The van der Waals surface area contributed by atoms with Crippen molar-refractivity contribution < 1.29 is 14.3 Å². The van der Waals surface area contributed by atoms with Crippen molar-refractivity contribution in [3.63, 3.8) is 0 Å². The third-order valence-corrected chi connectivity index (χ3v) is 7.10. The molecular formula is C31H36N4O3. The minimum absolute atomic E-state index is 0.0666. The summed E-state index contributed by atoms with van der Waals surface area (Å²) in [6.45, 7) is 11.1. The molecule has 1 aliphatic rings. The average molecular weight is 513 g/mol. The zero-order valence-electron chi connectivity index (χ0n) is 22.7. The molecule has 0 aliphatic carbocycles. The summed E-state index contributed by atoms with van der Waals surface area (Å²) in [5.41, 5.74) is 5.28. The summed E-state index contributed by atoms with van der Waals surface area (Å²) in [6, 6.07) is 22.0. The molecular weight excluding hydrogens is 476 g/mol.